The van der Waals surface area contributed by atoms with Gasteiger partial charge in [0.25, 0.3) is 5.91 Å². The minimum absolute atomic E-state index is 0.0236. The Bertz CT molecular complexity index is 1000. The van der Waals surface area contributed by atoms with Crippen LogP contribution in [-0.4, -0.2) is 16.7 Å². The van der Waals surface area contributed by atoms with E-state index in [2.05, 4.69) is 15.6 Å². The molecule has 2 aromatic carbocycles. The van der Waals surface area contributed by atoms with Crippen molar-refractivity contribution in [3.8, 4) is 0 Å². The van der Waals surface area contributed by atoms with Gasteiger partial charge in [-0.25, -0.2) is 0 Å². The zero-order chi connectivity index (χ0) is 19.4. The number of benzene rings is 2. The van der Waals surface area contributed by atoms with Crippen molar-refractivity contribution in [1.82, 2.24) is 4.98 Å². The number of amides is 1. The third-order valence-electron chi connectivity index (χ3n) is 4.00. The van der Waals surface area contributed by atoms with E-state index in [4.69, 9.17) is 11.6 Å². The maximum Gasteiger partial charge on any atom is 0.274 e. The van der Waals surface area contributed by atoms with Gasteiger partial charge in [0.1, 0.15) is 5.69 Å². The number of nitrogens with one attached hydrogen (secondary N) is 2. The highest BCUT2D eigenvalue weighted by molar-refractivity contribution is 6.31. The predicted octanol–water partition coefficient (Wildman–Crippen LogP) is 5.24. The second kappa shape index (κ2) is 8.01. The average molecular weight is 380 g/mol. The van der Waals surface area contributed by atoms with E-state index in [0.29, 0.717) is 16.3 Å². The zero-order valence-corrected chi connectivity index (χ0v) is 15.7. The van der Waals surface area contributed by atoms with Crippen molar-refractivity contribution in [3.63, 3.8) is 0 Å². The Kier molecular flexibility index (Phi) is 5.52. The molecule has 0 radical (unpaired) electrons. The van der Waals surface area contributed by atoms with Crippen LogP contribution in [0.4, 0.5) is 17.1 Å². The van der Waals surface area contributed by atoms with Gasteiger partial charge < -0.3 is 10.6 Å². The first-order valence-corrected chi connectivity index (χ1v) is 8.72. The molecule has 5 nitrogen and oxygen atoms in total. The zero-order valence-electron chi connectivity index (χ0n) is 14.9. The number of halogens is 1. The number of hydrogen-bond donors (Lipinski definition) is 2. The van der Waals surface area contributed by atoms with Crippen molar-refractivity contribution in [3.05, 3.63) is 82.6 Å². The summed E-state index contributed by atoms with van der Waals surface area (Å²) >= 11 is 6.15. The number of hydrogen-bond acceptors (Lipinski definition) is 4. The first-order chi connectivity index (χ1) is 12.9. The molecule has 136 valence electrons. The third-order valence-corrected chi connectivity index (χ3v) is 4.41. The van der Waals surface area contributed by atoms with E-state index in [-0.39, 0.29) is 17.4 Å². The number of anilines is 3. The molecule has 0 aliphatic carbocycles. The molecule has 0 aliphatic rings. The molecule has 0 spiro atoms. The summed E-state index contributed by atoms with van der Waals surface area (Å²) in [6.07, 6.45) is 1.56. The number of aryl methyl sites for hydroxylation is 1. The van der Waals surface area contributed by atoms with Gasteiger partial charge in [0.2, 0.25) is 0 Å². The predicted molar refractivity (Wildman–Crippen MR) is 108 cm³/mol. The van der Waals surface area contributed by atoms with E-state index in [1.54, 1.807) is 42.6 Å². The van der Waals surface area contributed by atoms with Crippen LogP contribution in [0, 0.1) is 6.92 Å². The molecule has 1 aromatic heterocycles. The van der Waals surface area contributed by atoms with Crippen molar-refractivity contribution in [2.75, 3.05) is 10.6 Å². The summed E-state index contributed by atoms with van der Waals surface area (Å²) in [5, 5.41) is 6.65. The smallest absolute Gasteiger partial charge is 0.274 e. The Hall–Kier alpha value is -3.18. The fourth-order valence-electron chi connectivity index (χ4n) is 2.45. The average Bonchev–Trinajstić information content (AvgIpc) is 2.65. The van der Waals surface area contributed by atoms with E-state index in [1.165, 1.54) is 6.92 Å². The Morgan fingerprint density at radius 1 is 0.926 bits per heavy atom. The number of rotatable bonds is 5. The van der Waals surface area contributed by atoms with E-state index in [1.807, 2.05) is 25.1 Å². The summed E-state index contributed by atoms with van der Waals surface area (Å²) in [4.78, 5) is 27.9. The third kappa shape index (κ3) is 4.71. The van der Waals surface area contributed by atoms with E-state index < -0.39 is 0 Å². The van der Waals surface area contributed by atoms with Crippen molar-refractivity contribution in [1.29, 1.82) is 0 Å². The molecule has 3 rings (SSSR count). The summed E-state index contributed by atoms with van der Waals surface area (Å²) < 4.78 is 0. The van der Waals surface area contributed by atoms with Gasteiger partial charge in [-0.15, -0.1) is 0 Å². The highest BCUT2D eigenvalue weighted by Crippen LogP contribution is 2.23. The number of ketones is 1. The van der Waals surface area contributed by atoms with Gasteiger partial charge in [0.15, 0.2) is 5.78 Å². The Labute approximate surface area is 162 Å². The number of carbonyl (C=O) groups excluding carboxylic acids is 2. The summed E-state index contributed by atoms with van der Waals surface area (Å²) in [5.41, 5.74) is 4.00. The highest BCUT2D eigenvalue weighted by atomic mass is 35.5. The van der Waals surface area contributed by atoms with Gasteiger partial charge in [-0.1, -0.05) is 17.7 Å². The molecule has 0 unspecified atom stereocenters. The Morgan fingerprint density at radius 3 is 2.26 bits per heavy atom. The van der Waals surface area contributed by atoms with Gasteiger partial charge in [-0.3, -0.25) is 14.6 Å². The maximum atomic E-state index is 12.4. The van der Waals surface area contributed by atoms with Crippen molar-refractivity contribution < 1.29 is 9.59 Å². The molecule has 0 atom stereocenters. The van der Waals surface area contributed by atoms with Crippen molar-refractivity contribution >= 4 is 40.4 Å². The monoisotopic (exact) mass is 379 g/mol. The second-order valence-corrected chi connectivity index (χ2v) is 6.51. The summed E-state index contributed by atoms with van der Waals surface area (Å²) in [5.74, 6) is -0.360. The van der Waals surface area contributed by atoms with Gasteiger partial charge in [0.05, 0.1) is 0 Å². The molecule has 2 N–H and O–H groups in total. The molecule has 0 saturated heterocycles. The molecular weight excluding hydrogens is 362 g/mol. The van der Waals surface area contributed by atoms with Gasteiger partial charge in [-0.05, 0) is 67.9 Å². The van der Waals surface area contributed by atoms with Gasteiger partial charge >= 0.3 is 0 Å². The number of pyridine rings is 1. The van der Waals surface area contributed by atoms with E-state index >= 15 is 0 Å². The molecule has 0 fully saturated rings. The molecule has 0 bridgehead atoms. The molecular formula is C21H18ClN3O2. The lowest BCUT2D eigenvalue weighted by atomic mass is 10.1. The summed E-state index contributed by atoms with van der Waals surface area (Å²) in [6.45, 7) is 3.43. The number of carbonyl (C=O) groups is 2. The fourth-order valence-corrected chi connectivity index (χ4v) is 2.63. The molecule has 27 heavy (non-hydrogen) atoms. The van der Waals surface area contributed by atoms with Gasteiger partial charge in [-0.2, -0.15) is 0 Å². The van der Waals surface area contributed by atoms with Crippen LogP contribution in [0.15, 0.2) is 60.8 Å². The number of Topliss-reactive ketones (excluding diaryl/α,β-unsaturated/α-hetero) is 1. The minimum atomic E-state index is -0.337. The largest absolute Gasteiger partial charge is 0.355 e. The van der Waals surface area contributed by atoms with Crippen LogP contribution in [0.1, 0.15) is 33.3 Å². The van der Waals surface area contributed by atoms with Crippen LogP contribution < -0.4 is 10.6 Å². The molecule has 6 heteroatoms. The highest BCUT2D eigenvalue weighted by Gasteiger charge is 2.09. The second-order valence-electron chi connectivity index (χ2n) is 6.11. The molecule has 1 amide bonds. The normalized spacial score (nSPS) is 10.3. The van der Waals surface area contributed by atoms with Crippen LogP contribution in [0.5, 0.6) is 0 Å². The van der Waals surface area contributed by atoms with Crippen molar-refractivity contribution in [2.24, 2.45) is 0 Å². The maximum absolute atomic E-state index is 12.4. The molecule has 0 aliphatic heterocycles. The van der Waals surface area contributed by atoms with Crippen LogP contribution in [-0.2, 0) is 0 Å². The SMILES string of the molecule is CC(=O)c1ccc(NC(=O)c2cc(Nc3ccc(C)c(Cl)c3)ccn2)cc1. The van der Waals surface area contributed by atoms with Gasteiger partial charge in [0, 0.05) is 33.8 Å². The summed E-state index contributed by atoms with van der Waals surface area (Å²) in [7, 11) is 0. The standard InChI is InChI=1S/C21H18ClN3O2/c1-13-3-6-17(11-19(13)22)24-18-9-10-23-20(12-18)21(27)25-16-7-4-15(5-8-16)14(2)26/h3-12H,1-2H3,(H,23,24)(H,25,27). The number of nitrogens with zero attached hydrogens (tertiary/aromatic N) is 1. The van der Waals surface area contributed by atoms with Crippen LogP contribution in [0.2, 0.25) is 5.02 Å². The molecule has 3 aromatic rings. The van der Waals surface area contributed by atoms with E-state index in [9.17, 15) is 9.59 Å². The summed E-state index contributed by atoms with van der Waals surface area (Å²) in [6, 6.07) is 15.8. The Morgan fingerprint density at radius 2 is 1.59 bits per heavy atom. The minimum Gasteiger partial charge on any atom is -0.355 e. The first-order valence-electron chi connectivity index (χ1n) is 8.34. The molecule has 0 saturated carbocycles. The van der Waals surface area contributed by atoms with Crippen molar-refractivity contribution in [2.45, 2.75) is 13.8 Å². The Balaban J connectivity index is 1.73. The lowest BCUT2D eigenvalue weighted by molar-refractivity contribution is 0.101. The van der Waals surface area contributed by atoms with Crippen LogP contribution in [0.3, 0.4) is 0 Å². The first kappa shape index (κ1) is 18.6. The quantitative estimate of drug-likeness (QED) is 0.594. The van der Waals surface area contributed by atoms with E-state index in [0.717, 1.165) is 16.9 Å². The molecule has 1 heterocycles. The van der Waals surface area contributed by atoms with Crippen LogP contribution >= 0.6 is 11.6 Å². The number of aromatic nitrogens is 1. The lowest BCUT2D eigenvalue weighted by Crippen LogP contribution is -2.14. The lowest BCUT2D eigenvalue weighted by Gasteiger charge is -2.10. The topological polar surface area (TPSA) is 71.1 Å². The van der Waals surface area contributed by atoms with Crippen LogP contribution in [0.25, 0.3) is 0 Å². The fraction of sp³-hybridized carbons (Fsp3) is 0.0952.